The summed E-state index contributed by atoms with van der Waals surface area (Å²) in [5, 5.41) is 10.5. The molecule has 1 aromatic rings. The number of carbonyl (C=O) groups is 1. The molecule has 0 heterocycles. The van der Waals surface area contributed by atoms with Crippen LogP contribution >= 0.6 is 0 Å². The Morgan fingerprint density at radius 2 is 1.95 bits per heavy atom. The smallest absolute Gasteiger partial charge is 0.426 e. The number of rotatable bonds is 3. The lowest BCUT2D eigenvalue weighted by atomic mass is 10.0. The molecule has 6 nitrogen and oxygen atoms in total. The first kappa shape index (κ1) is 15.0. The van der Waals surface area contributed by atoms with Gasteiger partial charge in [0.15, 0.2) is 0 Å². The fraction of sp³-hybridized carbons (Fsp3) is 0.400. The molecule has 1 unspecified atom stereocenters. The maximum atomic E-state index is 11.7. The van der Waals surface area contributed by atoms with Crippen molar-refractivity contribution >= 4 is 11.8 Å². The van der Waals surface area contributed by atoms with Gasteiger partial charge in [0, 0.05) is 12.1 Å². The van der Waals surface area contributed by atoms with Crippen molar-refractivity contribution in [2.45, 2.75) is 38.2 Å². The number of carbonyl (C=O) groups excluding carboxylic acids is 1. The third-order valence-corrected chi connectivity index (χ3v) is 3.21. The second-order valence-corrected chi connectivity index (χ2v) is 4.83. The van der Waals surface area contributed by atoms with E-state index in [0.717, 1.165) is 32.1 Å². The number of non-ortho nitro benzene ring substituents is 1. The number of nitrogens with zero attached hydrogens (tertiary/aromatic N) is 1. The molecule has 0 saturated carbocycles. The molecule has 0 aromatic heterocycles. The molecular formula is C15H17NO5. The summed E-state index contributed by atoms with van der Waals surface area (Å²) in [6, 6.07) is 5.29. The maximum Gasteiger partial charge on any atom is 0.514 e. The van der Waals surface area contributed by atoms with Gasteiger partial charge in [-0.3, -0.25) is 10.1 Å². The van der Waals surface area contributed by atoms with Gasteiger partial charge in [-0.25, -0.2) is 4.79 Å². The molecule has 2 rings (SSSR count). The summed E-state index contributed by atoms with van der Waals surface area (Å²) < 4.78 is 10.2. The topological polar surface area (TPSA) is 78.7 Å². The first-order valence-corrected chi connectivity index (χ1v) is 6.95. The van der Waals surface area contributed by atoms with Crippen molar-refractivity contribution in [2.75, 3.05) is 0 Å². The van der Waals surface area contributed by atoms with Gasteiger partial charge in [0.2, 0.25) is 0 Å². The summed E-state index contributed by atoms with van der Waals surface area (Å²) in [6.45, 7) is 0. The predicted molar refractivity (Wildman–Crippen MR) is 76.2 cm³/mol. The lowest BCUT2D eigenvalue weighted by molar-refractivity contribution is -0.384. The summed E-state index contributed by atoms with van der Waals surface area (Å²) >= 11 is 0. The normalized spacial score (nSPS) is 19.9. The standard InChI is InChI=1S/C15H17NO5/c17-15(20-13-6-4-2-1-3-5-7-13)21-14-10-8-12(9-11-14)16(18)19/h4,6,8-11,13H,1-3,5,7H2/b6-4-. The highest BCUT2D eigenvalue weighted by molar-refractivity contribution is 5.64. The number of nitro benzene ring substituents is 1. The Labute approximate surface area is 122 Å². The number of nitro groups is 1. The summed E-state index contributed by atoms with van der Waals surface area (Å²) in [7, 11) is 0. The van der Waals surface area contributed by atoms with E-state index in [9.17, 15) is 14.9 Å². The second kappa shape index (κ2) is 7.42. The quantitative estimate of drug-likeness (QED) is 0.276. The van der Waals surface area contributed by atoms with Crippen LogP contribution in [0.5, 0.6) is 5.75 Å². The molecule has 1 aliphatic carbocycles. The van der Waals surface area contributed by atoms with Crippen LogP contribution < -0.4 is 4.74 Å². The van der Waals surface area contributed by atoms with E-state index in [0.29, 0.717) is 0 Å². The van der Waals surface area contributed by atoms with E-state index >= 15 is 0 Å². The van der Waals surface area contributed by atoms with Crippen LogP contribution in [0, 0.1) is 10.1 Å². The number of ether oxygens (including phenoxy) is 2. The number of hydrogen-bond acceptors (Lipinski definition) is 5. The predicted octanol–water partition coefficient (Wildman–Crippen LogP) is 4.00. The number of benzene rings is 1. The highest BCUT2D eigenvalue weighted by Gasteiger charge is 2.15. The molecule has 1 aromatic carbocycles. The van der Waals surface area contributed by atoms with Gasteiger partial charge in [-0.15, -0.1) is 0 Å². The highest BCUT2D eigenvalue weighted by Crippen LogP contribution is 2.19. The fourth-order valence-electron chi connectivity index (χ4n) is 2.11. The molecule has 1 aliphatic rings. The first-order chi connectivity index (χ1) is 10.1. The van der Waals surface area contributed by atoms with Crippen LogP contribution in [0.25, 0.3) is 0 Å². The zero-order valence-corrected chi connectivity index (χ0v) is 11.6. The minimum atomic E-state index is -0.793. The lowest BCUT2D eigenvalue weighted by Crippen LogP contribution is -2.19. The average Bonchev–Trinajstić information content (AvgIpc) is 2.42. The zero-order chi connectivity index (χ0) is 15.1. The zero-order valence-electron chi connectivity index (χ0n) is 11.6. The lowest BCUT2D eigenvalue weighted by Gasteiger charge is -2.15. The second-order valence-electron chi connectivity index (χ2n) is 4.83. The third-order valence-electron chi connectivity index (χ3n) is 3.21. The Morgan fingerprint density at radius 1 is 1.19 bits per heavy atom. The first-order valence-electron chi connectivity index (χ1n) is 6.95. The van der Waals surface area contributed by atoms with Gasteiger partial charge < -0.3 is 9.47 Å². The van der Waals surface area contributed by atoms with Crippen molar-refractivity contribution in [3.05, 3.63) is 46.5 Å². The fourth-order valence-corrected chi connectivity index (χ4v) is 2.11. The molecule has 0 radical (unpaired) electrons. The van der Waals surface area contributed by atoms with E-state index in [2.05, 4.69) is 0 Å². The molecule has 21 heavy (non-hydrogen) atoms. The molecule has 0 fully saturated rings. The van der Waals surface area contributed by atoms with Crippen molar-refractivity contribution in [1.82, 2.24) is 0 Å². The van der Waals surface area contributed by atoms with Crippen LogP contribution in [0.3, 0.4) is 0 Å². The molecule has 0 saturated heterocycles. The van der Waals surface area contributed by atoms with Gasteiger partial charge >= 0.3 is 6.16 Å². The van der Waals surface area contributed by atoms with Crippen LogP contribution in [0.15, 0.2) is 36.4 Å². The van der Waals surface area contributed by atoms with Gasteiger partial charge in [0.05, 0.1) is 4.92 Å². The Kier molecular flexibility index (Phi) is 5.31. The highest BCUT2D eigenvalue weighted by atomic mass is 16.7. The SMILES string of the molecule is O=C(Oc1ccc([N+](=O)[O-])cc1)OC1/C=C\CCCCC1. The Hall–Kier alpha value is -2.37. The van der Waals surface area contributed by atoms with Gasteiger partial charge in [-0.2, -0.15) is 0 Å². The minimum absolute atomic E-state index is 0.0568. The van der Waals surface area contributed by atoms with E-state index in [-0.39, 0.29) is 17.5 Å². The van der Waals surface area contributed by atoms with Crippen LogP contribution in [0.2, 0.25) is 0 Å². The van der Waals surface area contributed by atoms with Crippen molar-refractivity contribution in [2.24, 2.45) is 0 Å². The van der Waals surface area contributed by atoms with Crippen molar-refractivity contribution in [3.8, 4) is 5.75 Å². The minimum Gasteiger partial charge on any atom is -0.426 e. The number of hydrogen-bond donors (Lipinski definition) is 0. The monoisotopic (exact) mass is 291 g/mol. The van der Waals surface area contributed by atoms with Crippen LogP contribution in [-0.2, 0) is 4.74 Å². The summed E-state index contributed by atoms with van der Waals surface area (Å²) in [5.41, 5.74) is -0.0568. The molecule has 0 amide bonds. The summed E-state index contributed by atoms with van der Waals surface area (Å²) in [6.07, 6.45) is 7.93. The third kappa shape index (κ3) is 4.91. The maximum absolute atomic E-state index is 11.7. The molecular weight excluding hydrogens is 274 g/mol. The molecule has 0 bridgehead atoms. The molecule has 0 spiro atoms. The van der Waals surface area contributed by atoms with Crippen molar-refractivity contribution in [3.63, 3.8) is 0 Å². The van der Waals surface area contributed by atoms with Crippen LogP contribution in [0.1, 0.15) is 32.1 Å². The van der Waals surface area contributed by atoms with Crippen LogP contribution in [-0.4, -0.2) is 17.2 Å². The Balaban J connectivity index is 1.88. The van der Waals surface area contributed by atoms with Gasteiger partial charge in [-0.05, 0) is 43.9 Å². The van der Waals surface area contributed by atoms with E-state index in [1.807, 2.05) is 12.2 Å². The molecule has 0 aliphatic heterocycles. The number of allylic oxidation sites excluding steroid dienone is 1. The van der Waals surface area contributed by atoms with Gasteiger partial charge in [-0.1, -0.05) is 12.5 Å². The molecule has 1 atom stereocenters. The Bertz CT molecular complexity index is 523. The van der Waals surface area contributed by atoms with Gasteiger partial charge in [0.1, 0.15) is 11.9 Å². The molecule has 112 valence electrons. The Morgan fingerprint density at radius 3 is 2.67 bits per heavy atom. The van der Waals surface area contributed by atoms with E-state index in [1.54, 1.807) is 0 Å². The summed E-state index contributed by atoms with van der Waals surface area (Å²) in [5.74, 6) is 0.223. The van der Waals surface area contributed by atoms with Gasteiger partial charge in [0.25, 0.3) is 5.69 Å². The molecule has 6 heteroatoms. The van der Waals surface area contributed by atoms with Crippen molar-refractivity contribution < 1.29 is 19.2 Å². The molecule has 0 N–H and O–H groups in total. The van der Waals surface area contributed by atoms with Crippen molar-refractivity contribution in [1.29, 1.82) is 0 Å². The van der Waals surface area contributed by atoms with Crippen LogP contribution in [0.4, 0.5) is 10.5 Å². The summed E-state index contributed by atoms with van der Waals surface area (Å²) in [4.78, 5) is 21.7. The van der Waals surface area contributed by atoms with E-state index in [1.165, 1.54) is 24.3 Å². The van der Waals surface area contributed by atoms with E-state index in [4.69, 9.17) is 9.47 Å². The average molecular weight is 291 g/mol. The largest absolute Gasteiger partial charge is 0.514 e. The van der Waals surface area contributed by atoms with E-state index < -0.39 is 11.1 Å².